The normalized spacial score (nSPS) is 13.8. The zero-order chi connectivity index (χ0) is 27.3. The fourth-order valence-corrected chi connectivity index (χ4v) is 4.01. The van der Waals surface area contributed by atoms with Crippen molar-refractivity contribution in [2.45, 2.75) is 85.9 Å². The molecule has 0 spiro atoms. The summed E-state index contributed by atoms with van der Waals surface area (Å²) in [6, 6.07) is 7.48. The van der Waals surface area contributed by atoms with Gasteiger partial charge in [-0.25, -0.2) is 9.18 Å². The standard InChI is InChI=1S/C28H43FN2O5/c1-18(2)12-22(27(34)30-24(14-20(5)6)26(33)16-29)15-25(32)23(13-19(3)4)31-28(35)36-17-21-10-8-7-9-11-21/h7-11,18-20,22-24H,12-17H2,1-6H3,(H,30,34)(H,31,35)/t22-,23+,24+/m1/s1. The molecule has 0 unspecified atom stereocenters. The average Bonchev–Trinajstić information content (AvgIpc) is 2.80. The molecule has 0 radical (unpaired) electrons. The predicted octanol–water partition coefficient (Wildman–Crippen LogP) is 5.02. The molecule has 0 bridgehead atoms. The quantitative estimate of drug-likeness (QED) is 0.328. The number of alkyl halides is 1. The fourth-order valence-electron chi connectivity index (χ4n) is 4.01. The molecule has 0 saturated heterocycles. The van der Waals surface area contributed by atoms with Crippen LogP contribution in [0.25, 0.3) is 0 Å². The lowest BCUT2D eigenvalue weighted by molar-refractivity contribution is -0.133. The van der Waals surface area contributed by atoms with E-state index in [1.807, 2.05) is 71.9 Å². The smallest absolute Gasteiger partial charge is 0.408 e. The van der Waals surface area contributed by atoms with Crippen LogP contribution in [0.3, 0.4) is 0 Å². The number of halogens is 1. The molecule has 0 fully saturated rings. The van der Waals surface area contributed by atoms with Crippen molar-refractivity contribution in [1.82, 2.24) is 10.6 Å². The zero-order valence-electron chi connectivity index (χ0n) is 22.5. The third kappa shape index (κ3) is 12.3. The number of Topliss-reactive ketones (excluding diaryl/α,β-unsaturated/α-hetero) is 2. The Morgan fingerprint density at radius 3 is 1.81 bits per heavy atom. The molecule has 0 aliphatic heterocycles. The lowest BCUT2D eigenvalue weighted by Crippen LogP contribution is -2.47. The molecule has 1 aromatic rings. The van der Waals surface area contributed by atoms with E-state index < -0.39 is 42.5 Å². The van der Waals surface area contributed by atoms with Crippen LogP contribution in [0.4, 0.5) is 9.18 Å². The van der Waals surface area contributed by atoms with Gasteiger partial charge in [0.25, 0.3) is 0 Å². The second kappa shape index (κ2) is 16.1. The highest BCUT2D eigenvalue weighted by atomic mass is 19.1. The Bertz CT molecular complexity index is 842. The summed E-state index contributed by atoms with van der Waals surface area (Å²) in [6.07, 6.45) is 0.335. The van der Waals surface area contributed by atoms with E-state index in [9.17, 15) is 23.6 Å². The van der Waals surface area contributed by atoms with E-state index in [4.69, 9.17) is 4.74 Å². The lowest BCUT2D eigenvalue weighted by atomic mass is 9.87. The van der Waals surface area contributed by atoms with E-state index in [0.717, 1.165) is 5.56 Å². The van der Waals surface area contributed by atoms with Crippen LogP contribution in [0.2, 0.25) is 0 Å². The maximum Gasteiger partial charge on any atom is 0.408 e. The molecule has 8 heteroatoms. The molecule has 1 aromatic carbocycles. The number of benzene rings is 1. The summed E-state index contributed by atoms with van der Waals surface area (Å²) < 4.78 is 18.4. The Morgan fingerprint density at radius 2 is 1.31 bits per heavy atom. The second-order valence-electron chi connectivity index (χ2n) is 10.7. The van der Waals surface area contributed by atoms with Gasteiger partial charge in [0.15, 0.2) is 11.6 Å². The van der Waals surface area contributed by atoms with Crippen molar-refractivity contribution in [3.8, 4) is 0 Å². The summed E-state index contributed by atoms with van der Waals surface area (Å²) in [4.78, 5) is 50.8. The van der Waals surface area contributed by atoms with E-state index in [0.29, 0.717) is 19.3 Å². The van der Waals surface area contributed by atoms with Gasteiger partial charge in [-0.2, -0.15) is 0 Å². The van der Waals surface area contributed by atoms with E-state index in [1.54, 1.807) is 0 Å². The van der Waals surface area contributed by atoms with Crippen LogP contribution < -0.4 is 10.6 Å². The number of carbonyl (C=O) groups is 4. The predicted molar refractivity (Wildman–Crippen MR) is 138 cm³/mol. The molecular formula is C28H43FN2O5. The third-order valence-electron chi connectivity index (χ3n) is 5.72. The van der Waals surface area contributed by atoms with Gasteiger partial charge in [-0.05, 0) is 42.6 Å². The molecule has 0 saturated carbocycles. The van der Waals surface area contributed by atoms with Crippen molar-refractivity contribution in [3.05, 3.63) is 35.9 Å². The first-order valence-corrected chi connectivity index (χ1v) is 12.8. The number of ketones is 2. The first-order valence-electron chi connectivity index (χ1n) is 12.8. The molecule has 2 amide bonds. The molecule has 36 heavy (non-hydrogen) atoms. The van der Waals surface area contributed by atoms with Crippen molar-refractivity contribution < 1.29 is 28.3 Å². The largest absolute Gasteiger partial charge is 0.445 e. The number of amides is 2. The van der Waals surface area contributed by atoms with E-state index in [2.05, 4.69) is 10.6 Å². The van der Waals surface area contributed by atoms with Crippen LogP contribution >= 0.6 is 0 Å². The fraction of sp³-hybridized carbons (Fsp3) is 0.643. The van der Waals surface area contributed by atoms with E-state index in [-0.39, 0.29) is 36.6 Å². The lowest BCUT2D eigenvalue weighted by Gasteiger charge is -2.25. The maximum absolute atomic E-state index is 13.3. The SMILES string of the molecule is CC(C)C[C@H](CC(=O)[C@H](CC(C)C)NC(=O)OCc1ccccc1)C(=O)N[C@@H](CC(C)C)C(=O)CF. The molecule has 202 valence electrons. The number of hydrogen-bond acceptors (Lipinski definition) is 5. The molecule has 0 aliphatic carbocycles. The van der Waals surface area contributed by atoms with E-state index >= 15 is 0 Å². The number of nitrogens with one attached hydrogen (secondary N) is 2. The van der Waals surface area contributed by atoms with Gasteiger partial charge in [-0.15, -0.1) is 0 Å². The number of carbonyl (C=O) groups excluding carboxylic acids is 4. The Hall–Kier alpha value is -2.77. The van der Waals surface area contributed by atoms with Gasteiger partial charge < -0.3 is 15.4 Å². The van der Waals surface area contributed by atoms with Crippen molar-refractivity contribution in [2.24, 2.45) is 23.7 Å². The van der Waals surface area contributed by atoms with Crippen LogP contribution in [-0.2, 0) is 25.7 Å². The first-order chi connectivity index (χ1) is 16.9. The van der Waals surface area contributed by atoms with Gasteiger partial charge in [0.1, 0.15) is 13.3 Å². The average molecular weight is 507 g/mol. The highest BCUT2D eigenvalue weighted by Crippen LogP contribution is 2.20. The van der Waals surface area contributed by atoms with Crippen LogP contribution in [0, 0.1) is 23.7 Å². The summed E-state index contributed by atoms with van der Waals surface area (Å²) in [5.41, 5.74) is 0.826. The molecule has 0 aromatic heterocycles. The third-order valence-corrected chi connectivity index (χ3v) is 5.72. The second-order valence-corrected chi connectivity index (χ2v) is 10.7. The monoisotopic (exact) mass is 506 g/mol. The van der Waals surface area contributed by atoms with Gasteiger partial charge in [-0.1, -0.05) is 71.9 Å². The summed E-state index contributed by atoms with van der Waals surface area (Å²) in [5.74, 6) is -1.79. The van der Waals surface area contributed by atoms with Gasteiger partial charge in [0.2, 0.25) is 5.91 Å². The minimum absolute atomic E-state index is 0.0769. The van der Waals surface area contributed by atoms with Crippen molar-refractivity contribution in [1.29, 1.82) is 0 Å². The molecule has 1 rings (SSSR count). The van der Waals surface area contributed by atoms with Gasteiger partial charge in [-0.3, -0.25) is 14.4 Å². The van der Waals surface area contributed by atoms with Crippen LogP contribution in [-0.4, -0.2) is 42.3 Å². The van der Waals surface area contributed by atoms with E-state index in [1.165, 1.54) is 0 Å². The van der Waals surface area contributed by atoms with Gasteiger partial charge >= 0.3 is 6.09 Å². The Morgan fingerprint density at radius 1 is 0.778 bits per heavy atom. The summed E-state index contributed by atoms with van der Waals surface area (Å²) in [6.45, 7) is 10.5. The summed E-state index contributed by atoms with van der Waals surface area (Å²) in [5, 5.41) is 5.34. The molecule has 7 nitrogen and oxygen atoms in total. The van der Waals surface area contributed by atoms with Crippen molar-refractivity contribution in [3.63, 3.8) is 0 Å². The molecule has 0 aliphatic rings. The first kappa shape index (κ1) is 31.3. The maximum atomic E-state index is 13.3. The van der Waals surface area contributed by atoms with Crippen LogP contribution in [0.5, 0.6) is 0 Å². The zero-order valence-corrected chi connectivity index (χ0v) is 22.5. The van der Waals surface area contributed by atoms with Crippen molar-refractivity contribution >= 4 is 23.6 Å². The van der Waals surface area contributed by atoms with Crippen molar-refractivity contribution in [2.75, 3.05) is 6.67 Å². The Kier molecular flexibility index (Phi) is 14.0. The Labute approximate surface area is 214 Å². The van der Waals surface area contributed by atoms with Gasteiger partial charge in [0.05, 0.1) is 12.1 Å². The minimum Gasteiger partial charge on any atom is -0.445 e. The molecule has 3 atom stereocenters. The topological polar surface area (TPSA) is 102 Å². The summed E-state index contributed by atoms with van der Waals surface area (Å²) >= 11 is 0. The highest BCUT2D eigenvalue weighted by Gasteiger charge is 2.31. The summed E-state index contributed by atoms with van der Waals surface area (Å²) in [7, 11) is 0. The minimum atomic E-state index is -1.16. The number of rotatable bonds is 16. The van der Waals surface area contributed by atoms with Crippen LogP contribution in [0.15, 0.2) is 30.3 Å². The molecule has 0 heterocycles. The number of hydrogen-bond donors (Lipinski definition) is 2. The molecule has 2 N–H and O–H groups in total. The Balaban J connectivity index is 2.91. The highest BCUT2D eigenvalue weighted by molar-refractivity contribution is 5.94. The molecular weight excluding hydrogens is 463 g/mol. The van der Waals surface area contributed by atoms with Crippen LogP contribution in [0.1, 0.15) is 72.8 Å². The number of alkyl carbamates (subject to hydrolysis) is 1. The van der Waals surface area contributed by atoms with Gasteiger partial charge in [0, 0.05) is 12.3 Å². The number of ether oxygens (including phenoxy) is 1.